The van der Waals surface area contributed by atoms with Gasteiger partial charge in [0.1, 0.15) is 29.5 Å². The van der Waals surface area contributed by atoms with E-state index in [-0.39, 0.29) is 23.8 Å². The molecule has 3 fully saturated rings. The fourth-order valence-electron chi connectivity index (χ4n) is 7.27. The minimum absolute atomic E-state index is 0.0283. The van der Waals surface area contributed by atoms with Gasteiger partial charge in [-0.25, -0.2) is 19.0 Å². The standard InChI is InChI=1S/C39H40FN9O2/c1-45-20-22-46(23-21-45)36-16-19-48(44-36)35-12-11-32-39(43-35)49(38(42-32)29-4-2-3-5-31(29)40)28-9-10-30-33(25-51-34(30)24-28)41-27-14-17-47(18-15-27)37(50)13-8-26-6-7-26/h2-5,9-12,16,19,24,26-27,33,41H,6-7,14-15,17-18,20-23,25H2,1H3. The molecule has 3 aromatic heterocycles. The van der Waals surface area contributed by atoms with Crippen LogP contribution in [-0.2, 0) is 4.79 Å². The second kappa shape index (κ2) is 13.1. The predicted octanol–water partition coefficient (Wildman–Crippen LogP) is 4.59. The lowest BCUT2D eigenvalue weighted by Gasteiger charge is -2.32. The van der Waals surface area contributed by atoms with Crippen molar-refractivity contribution in [1.82, 2.24) is 39.4 Å². The molecule has 9 rings (SSSR count). The van der Waals surface area contributed by atoms with Crippen LogP contribution in [0.3, 0.4) is 0 Å². The van der Waals surface area contributed by atoms with Crippen LogP contribution in [0.5, 0.6) is 5.75 Å². The number of carbonyl (C=O) groups excluding carboxylic acids is 1. The van der Waals surface area contributed by atoms with Crippen LogP contribution >= 0.6 is 0 Å². The Balaban J connectivity index is 0.993. The molecule has 3 aliphatic heterocycles. The smallest absolute Gasteiger partial charge is 0.298 e. The summed E-state index contributed by atoms with van der Waals surface area (Å²) in [6.07, 6.45) is 5.91. The van der Waals surface area contributed by atoms with E-state index in [0.717, 1.165) is 74.7 Å². The molecule has 1 N–H and O–H groups in total. The topological polar surface area (TPSA) is 96.6 Å². The van der Waals surface area contributed by atoms with Gasteiger partial charge in [-0.05, 0) is 69.0 Å². The summed E-state index contributed by atoms with van der Waals surface area (Å²) in [6.45, 7) is 5.74. The number of aromatic nitrogens is 5. The Hall–Kier alpha value is -5.25. The van der Waals surface area contributed by atoms with Gasteiger partial charge in [0.05, 0.1) is 17.3 Å². The molecule has 4 aliphatic rings. The molecule has 1 atom stereocenters. The summed E-state index contributed by atoms with van der Waals surface area (Å²) in [5.74, 6) is 8.74. The summed E-state index contributed by atoms with van der Waals surface area (Å²) in [5.41, 5.74) is 3.48. The Labute approximate surface area is 296 Å². The lowest BCUT2D eigenvalue weighted by molar-refractivity contribution is -0.126. The molecule has 5 aromatic rings. The van der Waals surface area contributed by atoms with Crippen LogP contribution < -0.4 is 15.0 Å². The molecular weight excluding hydrogens is 645 g/mol. The fraction of sp³-hybridized carbons (Fsp3) is 0.385. The highest BCUT2D eigenvalue weighted by Gasteiger charge is 2.30. The largest absolute Gasteiger partial charge is 0.491 e. The second-order valence-corrected chi connectivity index (χ2v) is 14.0. The highest BCUT2D eigenvalue weighted by molar-refractivity contribution is 5.93. The van der Waals surface area contributed by atoms with Gasteiger partial charge in [-0.2, -0.15) is 0 Å². The van der Waals surface area contributed by atoms with Crippen LogP contribution in [0.2, 0.25) is 0 Å². The Morgan fingerprint density at radius 2 is 1.75 bits per heavy atom. The molecule has 2 saturated heterocycles. The molecule has 6 heterocycles. The van der Waals surface area contributed by atoms with Crippen LogP contribution in [0.1, 0.15) is 37.3 Å². The minimum atomic E-state index is -0.359. The Kier molecular flexibility index (Phi) is 8.17. The number of likely N-dealkylation sites (tertiary alicyclic amines) is 1. The lowest BCUT2D eigenvalue weighted by Crippen LogP contribution is -2.45. The number of rotatable bonds is 6. The van der Waals surface area contributed by atoms with E-state index >= 15 is 4.39 Å². The van der Waals surface area contributed by atoms with Crippen LogP contribution in [-0.4, -0.2) is 99.0 Å². The van der Waals surface area contributed by atoms with Gasteiger partial charge in [-0.1, -0.05) is 24.1 Å². The van der Waals surface area contributed by atoms with E-state index < -0.39 is 0 Å². The number of nitrogens with one attached hydrogen (secondary N) is 1. The first-order valence-corrected chi connectivity index (χ1v) is 17.9. The van der Waals surface area contributed by atoms with Crippen molar-refractivity contribution in [1.29, 1.82) is 0 Å². The maximum atomic E-state index is 15.3. The molecule has 1 amide bonds. The van der Waals surface area contributed by atoms with Gasteiger partial charge < -0.3 is 24.8 Å². The van der Waals surface area contributed by atoms with E-state index in [1.54, 1.807) is 16.8 Å². The molecule has 51 heavy (non-hydrogen) atoms. The van der Waals surface area contributed by atoms with Crippen molar-refractivity contribution >= 4 is 22.9 Å². The zero-order chi connectivity index (χ0) is 34.5. The van der Waals surface area contributed by atoms with Crippen molar-refractivity contribution in [3.8, 4) is 40.5 Å². The number of piperazine rings is 1. The number of piperidine rings is 1. The minimum Gasteiger partial charge on any atom is -0.491 e. The first-order chi connectivity index (χ1) is 25.0. The van der Waals surface area contributed by atoms with Gasteiger partial charge in [-0.3, -0.25) is 9.36 Å². The third-order valence-corrected chi connectivity index (χ3v) is 10.5. The zero-order valence-corrected chi connectivity index (χ0v) is 28.6. The summed E-state index contributed by atoms with van der Waals surface area (Å²) in [4.78, 5) is 29.0. The number of pyridine rings is 1. The number of anilines is 1. The van der Waals surface area contributed by atoms with Crippen molar-refractivity contribution in [2.45, 2.75) is 37.8 Å². The molecular formula is C39H40FN9O2. The van der Waals surface area contributed by atoms with Gasteiger partial charge in [0.25, 0.3) is 5.91 Å². The van der Waals surface area contributed by atoms with E-state index in [1.165, 1.54) is 6.07 Å². The van der Waals surface area contributed by atoms with Crippen LogP contribution in [0.4, 0.5) is 10.2 Å². The van der Waals surface area contributed by atoms with Crippen molar-refractivity contribution < 1.29 is 13.9 Å². The molecule has 0 radical (unpaired) electrons. The first-order valence-electron chi connectivity index (χ1n) is 17.9. The molecule has 1 unspecified atom stereocenters. The van der Waals surface area contributed by atoms with E-state index in [4.69, 9.17) is 19.8 Å². The van der Waals surface area contributed by atoms with Gasteiger partial charge in [0, 0.05) is 75.1 Å². The predicted molar refractivity (Wildman–Crippen MR) is 193 cm³/mol. The van der Waals surface area contributed by atoms with Gasteiger partial charge in [0.2, 0.25) is 0 Å². The quantitative estimate of drug-likeness (QED) is 0.260. The highest BCUT2D eigenvalue weighted by Crippen LogP contribution is 2.37. The maximum Gasteiger partial charge on any atom is 0.298 e. The number of nitrogens with zero attached hydrogens (tertiary/aromatic N) is 8. The van der Waals surface area contributed by atoms with E-state index in [1.807, 2.05) is 52.1 Å². The number of hydrogen-bond donors (Lipinski definition) is 1. The third-order valence-electron chi connectivity index (χ3n) is 10.5. The highest BCUT2D eigenvalue weighted by atomic mass is 19.1. The van der Waals surface area contributed by atoms with Gasteiger partial charge in [-0.15, -0.1) is 5.10 Å². The van der Waals surface area contributed by atoms with Crippen LogP contribution in [0.15, 0.2) is 66.9 Å². The summed E-state index contributed by atoms with van der Waals surface area (Å²) < 4.78 is 25.3. The number of amides is 1. The third kappa shape index (κ3) is 6.32. The fourth-order valence-corrected chi connectivity index (χ4v) is 7.27. The van der Waals surface area contributed by atoms with Crippen molar-refractivity contribution in [2.75, 3.05) is 57.8 Å². The van der Waals surface area contributed by atoms with Crippen LogP contribution in [0.25, 0.3) is 34.1 Å². The summed E-state index contributed by atoms with van der Waals surface area (Å²) in [5, 5.41) is 8.65. The molecule has 2 aromatic carbocycles. The number of imidazole rings is 1. The normalized spacial score (nSPS) is 19.5. The first kappa shape index (κ1) is 31.7. The Morgan fingerprint density at radius 1 is 0.922 bits per heavy atom. The zero-order valence-electron chi connectivity index (χ0n) is 28.6. The van der Waals surface area contributed by atoms with Crippen molar-refractivity contribution in [2.24, 2.45) is 5.92 Å². The molecule has 260 valence electrons. The van der Waals surface area contributed by atoms with Crippen molar-refractivity contribution in [3.05, 3.63) is 78.2 Å². The molecule has 11 nitrogen and oxygen atoms in total. The molecule has 12 heteroatoms. The number of benzene rings is 2. The summed E-state index contributed by atoms with van der Waals surface area (Å²) in [7, 11) is 2.14. The van der Waals surface area contributed by atoms with Crippen molar-refractivity contribution in [3.63, 3.8) is 0 Å². The number of ether oxygens (including phenoxy) is 1. The van der Waals surface area contributed by atoms with E-state index in [9.17, 15) is 4.79 Å². The number of halogens is 1. The molecule has 1 saturated carbocycles. The summed E-state index contributed by atoms with van der Waals surface area (Å²) in [6, 6.07) is 18.9. The SMILES string of the molecule is CN1CCN(c2ccn(-c3ccc4nc(-c5ccccc5F)n(-c5ccc6c(c5)OCC6NC5CCN(C(=O)C#CC6CC6)CC5)c4n3)n2)CC1. The Morgan fingerprint density at radius 3 is 2.55 bits per heavy atom. The molecule has 1 aliphatic carbocycles. The average molecular weight is 686 g/mol. The lowest BCUT2D eigenvalue weighted by atomic mass is 10.0. The number of carbonyl (C=O) groups is 1. The van der Waals surface area contributed by atoms with Gasteiger partial charge in [0.15, 0.2) is 17.3 Å². The Bertz CT molecular complexity index is 2160. The number of hydrogen-bond acceptors (Lipinski definition) is 8. The summed E-state index contributed by atoms with van der Waals surface area (Å²) >= 11 is 0. The second-order valence-electron chi connectivity index (χ2n) is 14.0. The van der Waals surface area contributed by atoms with Gasteiger partial charge >= 0.3 is 0 Å². The number of likely N-dealkylation sites (N-methyl/N-ethyl adjacent to an activating group) is 1. The van der Waals surface area contributed by atoms with Crippen LogP contribution in [0, 0.1) is 23.6 Å². The average Bonchev–Trinajstić information content (AvgIpc) is 3.51. The number of fused-ring (bicyclic) bond motifs is 2. The molecule has 0 bridgehead atoms. The monoisotopic (exact) mass is 685 g/mol. The molecule has 0 spiro atoms. The maximum absolute atomic E-state index is 15.3. The van der Waals surface area contributed by atoms with E-state index in [0.29, 0.717) is 54.0 Å². The van der Waals surface area contributed by atoms with E-state index in [2.05, 4.69) is 40.1 Å².